The molecule has 0 amide bonds. The van der Waals surface area contributed by atoms with Crippen LogP contribution in [0.3, 0.4) is 0 Å². The van der Waals surface area contributed by atoms with Gasteiger partial charge in [0.15, 0.2) is 15.3 Å². The van der Waals surface area contributed by atoms with Crippen molar-refractivity contribution in [3.63, 3.8) is 0 Å². The highest BCUT2D eigenvalue weighted by atomic mass is 32.2. The van der Waals surface area contributed by atoms with E-state index in [1.165, 1.54) is 6.20 Å². The molecule has 0 saturated carbocycles. The summed E-state index contributed by atoms with van der Waals surface area (Å²) in [7, 11) is -3.32. The van der Waals surface area contributed by atoms with Crippen LogP contribution in [0.1, 0.15) is 22.3 Å². The van der Waals surface area contributed by atoms with Crippen LogP contribution in [-0.4, -0.2) is 24.8 Å². The maximum Gasteiger partial charge on any atom is 0.185 e. The molecule has 1 aromatic heterocycles. The Hall–Kier alpha value is -1.14. The van der Waals surface area contributed by atoms with Crippen molar-refractivity contribution in [1.82, 2.24) is 4.98 Å². The summed E-state index contributed by atoms with van der Waals surface area (Å²) >= 11 is 0. The molecule has 0 spiro atoms. The molecule has 1 aliphatic heterocycles. The summed E-state index contributed by atoms with van der Waals surface area (Å²) in [6.45, 7) is 1.77. The Morgan fingerprint density at radius 1 is 1.60 bits per heavy atom. The van der Waals surface area contributed by atoms with Gasteiger partial charge < -0.3 is 9.84 Å². The van der Waals surface area contributed by atoms with Gasteiger partial charge in [-0.1, -0.05) is 0 Å². The molecule has 1 unspecified atom stereocenters. The van der Waals surface area contributed by atoms with E-state index < -0.39 is 15.3 Å². The third-order valence-corrected chi connectivity index (χ3v) is 3.56. The zero-order chi connectivity index (χ0) is 11.2. The Bertz CT molecular complexity index is 509. The Morgan fingerprint density at radius 2 is 2.27 bits per heavy atom. The molecule has 0 saturated heterocycles. The molecule has 0 fully saturated rings. The number of nitrogens with zero attached hydrogens (tertiary/aromatic N) is 1. The van der Waals surface area contributed by atoms with Crippen molar-refractivity contribution in [2.24, 2.45) is 0 Å². The van der Waals surface area contributed by atoms with E-state index >= 15 is 0 Å². The molecule has 5 nitrogen and oxygen atoms in total. The van der Waals surface area contributed by atoms with Crippen molar-refractivity contribution in [1.29, 1.82) is 0 Å². The molecule has 0 aromatic carbocycles. The lowest BCUT2D eigenvalue weighted by molar-refractivity contribution is 0.119. The first-order valence-corrected chi connectivity index (χ1v) is 6.34. The quantitative estimate of drug-likeness (QED) is 0.765. The van der Waals surface area contributed by atoms with E-state index in [0.29, 0.717) is 16.8 Å². The lowest BCUT2D eigenvalue weighted by Gasteiger charge is -2.08. The van der Waals surface area contributed by atoms with Crippen LogP contribution in [0.25, 0.3) is 0 Å². The monoisotopic (exact) mass is 229 g/mol. The molecule has 1 aromatic rings. The van der Waals surface area contributed by atoms with E-state index in [4.69, 9.17) is 4.74 Å². The largest absolute Gasteiger partial charge is 0.506 e. The third-order valence-electron chi connectivity index (χ3n) is 2.40. The zero-order valence-electron chi connectivity index (χ0n) is 8.39. The van der Waals surface area contributed by atoms with Crippen molar-refractivity contribution in [3.05, 3.63) is 23.0 Å². The summed E-state index contributed by atoms with van der Waals surface area (Å²) in [6, 6.07) is 0. The molecule has 0 radical (unpaired) electrons. The number of rotatable bonds is 1. The third kappa shape index (κ3) is 1.59. The molecule has 0 bridgehead atoms. The van der Waals surface area contributed by atoms with Gasteiger partial charge in [0, 0.05) is 23.6 Å². The smallest absolute Gasteiger partial charge is 0.185 e. The van der Waals surface area contributed by atoms with Crippen molar-refractivity contribution in [2.75, 3.05) is 6.26 Å². The molecule has 1 atom stereocenters. The van der Waals surface area contributed by atoms with E-state index in [9.17, 15) is 13.5 Å². The van der Waals surface area contributed by atoms with Gasteiger partial charge in [0.05, 0.1) is 12.3 Å². The van der Waals surface area contributed by atoms with E-state index in [0.717, 1.165) is 6.26 Å². The fourth-order valence-electron chi connectivity index (χ4n) is 1.62. The van der Waals surface area contributed by atoms with Gasteiger partial charge in [-0.3, -0.25) is 4.98 Å². The van der Waals surface area contributed by atoms with Gasteiger partial charge in [0.2, 0.25) is 0 Å². The van der Waals surface area contributed by atoms with Crippen molar-refractivity contribution >= 4 is 9.84 Å². The summed E-state index contributed by atoms with van der Waals surface area (Å²) in [4.78, 5) is 3.92. The molecule has 2 rings (SSSR count). The second kappa shape index (κ2) is 3.18. The van der Waals surface area contributed by atoms with Crippen LogP contribution in [0, 0.1) is 6.92 Å². The van der Waals surface area contributed by atoms with E-state index in [1.54, 1.807) is 6.92 Å². The summed E-state index contributed by atoms with van der Waals surface area (Å²) in [5, 5.41) is 9.66. The topological polar surface area (TPSA) is 76.5 Å². The molecular formula is C9H11NO4S. The second-order valence-corrected chi connectivity index (χ2v) is 5.69. The molecule has 1 N–H and O–H groups in total. The molecule has 6 heteroatoms. The van der Waals surface area contributed by atoms with Gasteiger partial charge in [-0.05, 0) is 6.92 Å². The minimum atomic E-state index is -3.32. The highest BCUT2D eigenvalue weighted by Gasteiger charge is 2.34. The number of aromatic hydroxyl groups is 1. The van der Waals surface area contributed by atoms with E-state index in [1.807, 2.05) is 0 Å². The maximum absolute atomic E-state index is 11.4. The number of ether oxygens (including phenoxy) is 1. The normalized spacial score (nSPS) is 20.3. The van der Waals surface area contributed by atoms with Gasteiger partial charge in [0.1, 0.15) is 5.75 Å². The van der Waals surface area contributed by atoms with Crippen LogP contribution in [0.5, 0.6) is 5.75 Å². The van der Waals surface area contributed by atoms with Crippen LogP contribution >= 0.6 is 0 Å². The van der Waals surface area contributed by atoms with Crippen LogP contribution in [0.4, 0.5) is 0 Å². The van der Waals surface area contributed by atoms with E-state index in [2.05, 4.69) is 4.98 Å². The number of aryl methyl sites for hydroxylation is 1. The lowest BCUT2D eigenvalue weighted by atomic mass is 10.1. The molecule has 82 valence electrons. The highest BCUT2D eigenvalue weighted by Crippen LogP contribution is 2.38. The van der Waals surface area contributed by atoms with Crippen molar-refractivity contribution in [3.8, 4) is 5.75 Å². The first-order valence-electron chi connectivity index (χ1n) is 4.39. The highest BCUT2D eigenvalue weighted by molar-refractivity contribution is 7.90. The summed E-state index contributed by atoms with van der Waals surface area (Å²) in [6.07, 6.45) is 2.55. The minimum absolute atomic E-state index is 0.0265. The number of hydrogen-bond donors (Lipinski definition) is 1. The van der Waals surface area contributed by atoms with Gasteiger partial charge >= 0.3 is 0 Å². The molecule has 15 heavy (non-hydrogen) atoms. The van der Waals surface area contributed by atoms with Crippen molar-refractivity contribution in [2.45, 2.75) is 19.0 Å². The number of hydrogen-bond acceptors (Lipinski definition) is 5. The predicted molar refractivity (Wildman–Crippen MR) is 53.0 cm³/mol. The average Bonchev–Trinajstić information content (AvgIpc) is 2.54. The Kier molecular flexibility index (Phi) is 2.20. The first-order chi connectivity index (χ1) is 6.91. The summed E-state index contributed by atoms with van der Waals surface area (Å²) < 4.78 is 27.9. The predicted octanol–water partition coefficient (Wildman–Crippen LogP) is 0.669. The Balaban J connectivity index is 2.59. The second-order valence-electron chi connectivity index (χ2n) is 3.60. The number of sulfone groups is 1. The van der Waals surface area contributed by atoms with Gasteiger partial charge in [-0.15, -0.1) is 0 Å². The van der Waals surface area contributed by atoms with Crippen LogP contribution in [0.2, 0.25) is 0 Å². The van der Waals surface area contributed by atoms with Gasteiger partial charge in [-0.2, -0.15) is 0 Å². The SMILES string of the molecule is Cc1ncc2c(c1O)COC2S(C)(=O)=O. The van der Waals surface area contributed by atoms with Crippen molar-refractivity contribution < 1.29 is 18.3 Å². The number of aromatic nitrogens is 1. The molecule has 0 aliphatic carbocycles. The Morgan fingerprint density at radius 3 is 2.87 bits per heavy atom. The minimum Gasteiger partial charge on any atom is -0.506 e. The van der Waals surface area contributed by atoms with Crippen LogP contribution < -0.4 is 0 Å². The average molecular weight is 229 g/mol. The zero-order valence-corrected chi connectivity index (χ0v) is 9.21. The van der Waals surface area contributed by atoms with Crippen LogP contribution in [0.15, 0.2) is 6.20 Å². The van der Waals surface area contributed by atoms with Crippen LogP contribution in [-0.2, 0) is 21.2 Å². The summed E-state index contributed by atoms with van der Waals surface area (Å²) in [5.74, 6) is 0.0265. The maximum atomic E-state index is 11.4. The fourth-order valence-corrected chi connectivity index (χ4v) is 2.60. The summed E-state index contributed by atoms with van der Waals surface area (Å²) in [5.41, 5.74) is 0.455. The van der Waals surface area contributed by atoms with Gasteiger partial charge in [-0.25, -0.2) is 8.42 Å². The van der Waals surface area contributed by atoms with Gasteiger partial charge in [0.25, 0.3) is 0 Å². The standard InChI is InChI=1S/C9H11NO4S/c1-5-8(11)7-4-14-9(15(2,12)13)6(7)3-10-5/h3,9,11H,4H2,1-2H3. The first kappa shape index (κ1) is 10.4. The number of pyridine rings is 1. The molecule has 2 heterocycles. The number of fused-ring (bicyclic) bond motifs is 1. The fraction of sp³-hybridized carbons (Fsp3) is 0.444. The lowest BCUT2D eigenvalue weighted by Crippen LogP contribution is -2.10. The molecular weight excluding hydrogens is 218 g/mol. The Labute approximate surface area is 87.6 Å². The molecule has 1 aliphatic rings. The van der Waals surface area contributed by atoms with E-state index in [-0.39, 0.29) is 12.4 Å².